The van der Waals surface area contributed by atoms with Crippen LogP contribution in [0.3, 0.4) is 0 Å². The molecule has 3 unspecified atom stereocenters. The first-order valence-electron chi connectivity index (χ1n) is 6.25. The fourth-order valence-electron chi connectivity index (χ4n) is 2.25. The Morgan fingerprint density at radius 1 is 1.65 bits per heavy atom. The number of carbonyl (C=O) groups is 1. The maximum Gasteiger partial charge on any atom is 0.324 e. The van der Waals surface area contributed by atoms with E-state index in [-0.39, 0.29) is 18.1 Å². The molecule has 0 radical (unpaired) electrons. The maximum atomic E-state index is 11.7. The van der Waals surface area contributed by atoms with E-state index in [1.165, 1.54) is 0 Å². The summed E-state index contributed by atoms with van der Waals surface area (Å²) >= 11 is 0. The molecular formula is C12H24N2O3. The Labute approximate surface area is 103 Å². The number of rotatable bonds is 6. The number of nitrogens with one attached hydrogen (secondary N) is 1. The third kappa shape index (κ3) is 3.94. The lowest BCUT2D eigenvalue weighted by Gasteiger charge is -2.29. The van der Waals surface area contributed by atoms with Gasteiger partial charge in [0.25, 0.3) is 0 Å². The van der Waals surface area contributed by atoms with Crippen LogP contribution < -0.4 is 5.32 Å². The van der Waals surface area contributed by atoms with Crippen molar-refractivity contribution >= 4 is 5.97 Å². The third-order valence-corrected chi connectivity index (χ3v) is 3.29. The second-order valence-electron chi connectivity index (χ2n) is 4.46. The van der Waals surface area contributed by atoms with Crippen LogP contribution in [-0.4, -0.2) is 62.9 Å². The van der Waals surface area contributed by atoms with Gasteiger partial charge in [-0.15, -0.1) is 0 Å². The molecule has 1 fully saturated rings. The predicted octanol–water partition coefficient (Wildman–Crippen LogP) is 0.247. The van der Waals surface area contributed by atoms with Crippen molar-refractivity contribution in [1.29, 1.82) is 0 Å². The first-order valence-corrected chi connectivity index (χ1v) is 6.25. The summed E-state index contributed by atoms with van der Waals surface area (Å²) in [6.45, 7) is 5.77. The lowest BCUT2D eigenvalue weighted by atomic mass is 10.1. The van der Waals surface area contributed by atoms with Crippen molar-refractivity contribution in [3.63, 3.8) is 0 Å². The molecule has 0 bridgehead atoms. The lowest BCUT2D eigenvalue weighted by molar-refractivity contribution is -0.146. The van der Waals surface area contributed by atoms with Crippen LogP contribution in [0.25, 0.3) is 0 Å². The van der Waals surface area contributed by atoms with E-state index in [2.05, 4.69) is 17.1 Å². The summed E-state index contributed by atoms with van der Waals surface area (Å²) in [4.78, 5) is 13.8. The lowest BCUT2D eigenvalue weighted by Crippen LogP contribution is -2.48. The summed E-state index contributed by atoms with van der Waals surface area (Å²) < 4.78 is 10.6. The molecule has 3 atom stereocenters. The van der Waals surface area contributed by atoms with Crippen molar-refractivity contribution < 1.29 is 14.3 Å². The summed E-state index contributed by atoms with van der Waals surface area (Å²) in [5.74, 6) is -0.187. The summed E-state index contributed by atoms with van der Waals surface area (Å²) in [5.41, 5.74) is 0. The third-order valence-electron chi connectivity index (χ3n) is 3.29. The number of ether oxygens (including phenoxy) is 2. The van der Waals surface area contributed by atoms with Gasteiger partial charge in [-0.1, -0.05) is 0 Å². The number of hydrogen-bond acceptors (Lipinski definition) is 5. The fraction of sp³-hybridized carbons (Fsp3) is 0.917. The van der Waals surface area contributed by atoms with Crippen molar-refractivity contribution in [3.8, 4) is 0 Å². The van der Waals surface area contributed by atoms with Gasteiger partial charge in [0.2, 0.25) is 0 Å². The van der Waals surface area contributed by atoms with E-state index < -0.39 is 0 Å². The normalized spacial score (nSPS) is 26.2. The number of nitrogens with zero attached hydrogens (tertiary/aromatic N) is 1. The largest absolute Gasteiger partial charge is 0.465 e. The van der Waals surface area contributed by atoms with Gasteiger partial charge in [0, 0.05) is 19.2 Å². The van der Waals surface area contributed by atoms with Gasteiger partial charge in [0.1, 0.15) is 6.04 Å². The van der Waals surface area contributed by atoms with Crippen LogP contribution in [0.15, 0.2) is 0 Å². The molecule has 0 aromatic rings. The van der Waals surface area contributed by atoms with E-state index >= 15 is 0 Å². The smallest absolute Gasteiger partial charge is 0.324 e. The minimum absolute atomic E-state index is 0.187. The zero-order valence-corrected chi connectivity index (χ0v) is 11.2. The monoisotopic (exact) mass is 244 g/mol. The van der Waals surface area contributed by atoms with Gasteiger partial charge < -0.3 is 14.8 Å². The molecule has 0 aromatic heterocycles. The topological polar surface area (TPSA) is 50.8 Å². The van der Waals surface area contributed by atoms with Gasteiger partial charge in [-0.25, -0.2) is 0 Å². The summed E-state index contributed by atoms with van der Waals surface area (Å²) in [6.07, 6.45) is 1.26. The van der Waals surface area contributed by atoms with Crippen molar-refractivity contribution in [1.82, 2.24) is 10.2 Å². The molecule has 1 rings (SSSR count). The highest BCUT2D eigenvalue weighted by Gasteiger charge is 2.30. The first kappa shape index (κ1) is 14.4. The van der Waals surface area contributed by atoms with E-state index in [1.807, 2.05) is 14.0 Å². The Bertz CT molecular complexity index is 248. The van der Waals surface area contributed by atoms with Crippen LogP contribution in [0.5, 0.6) is 0 Å². The highest BCUT2D eigenvalue weighted by molar-refractivity contribution is 5.76. The summed E-state index contributed by atoms with van der Waals surface area (Å²) in [7, 11) is 3.81. The average molecular weight is 244 g/mol. The number of hydrogen-bond donors (Lipinski definition) is 1. The summed E-state index contributed by atoms with van der Waals surface area (Å²) in [5, 5.41) is 3.00. The van der Waals surface area contributed by atoms with Gasteiger partial charge in [-0.05, 0) is 34.4 Å². The van der Waals surface area contributed by atoms with E-state index in [0.29, 0.717) is 19.2 Å². The quantitative estimate of drug-likeness (QED) is 0.679. The molecule has 1 heterocycles. The Morgan fingerprint density at radius 2 is 2.35 bits per heavy atom. The second-order valence-corrected chi connectivity index (χ2v) is 4.46. The van der Waals surface area contributed by atoms with Crippen LogP contribution in [-0.2, 0) is 14.3 Å². The number of esters is 1. The molecule has 17 heavy (non-hydrogen) atoms. The molecule has 0 aromatic carbocycles. The molecular weight excluding hydrogens is 220 g/mol. The van der Waals surface area contributed by atoms with Gasteiger partial charge in [0.15, 0.2) is 0 Å². The molecule has 1 saturated heterocycles. The van der Waals surface area contributed by atoms with Gasteiger partial charge in [-0.3, -0.25) is 9.69 Å². The Hall–Kier alpha value is -0.650. The second kappa shape index (κ2) is 6.93. The van der Waals surface area contributed by atoms with Crippen LogP contribution in [0.4, 0.5) is 0 Å². The van der Waals surface area contributed by atoms with Gasteiger partial charge in [0.05, 0.1) is 12.7 Å². The zero-order chi connectivity index (χ0) is 12.8. The van der Waals surface area contributed by atoms with Crippen LogP contribution in [0.1, 0.15) is 20.3 Å². The maximum absolute atomic E-state index is 11.7. The van der Waals surface area contributed by atoms with E-state index in [1.54, 1.807) is 7.05 Å². The van der Waals surface area contributed by atoms with Gasteiger partial charge >= 0.3 is 5.97 Å². The van der Waals surface area contributed by atoms with Gasteiger partial charge in [-0.2, -0.15) is 0 Å². The van der Waals surface area contributed by atoms with Crippen molar-refractivity contribution in [2.75, 3.05) is 33.9 Å². The van der Waals surface area contributed by atoms with E-state index in [4.69, 9.17) is 9.47 Å². The SMILES string of the molecule is CCOC(=O)C(CN(C)C1CCOC1C)NC. The average Bonchev–Trinajstić information content (AvgIpc) is 2.72. The Kier molecular flexibility index (Phi) is 5.88. The highest BCUT2D eigenvalue weighted by atomic mass is 16.5. The Balaban J connectivity index is 2.46. The molecule has 0 amide bonds. The minimum atomic E-state index is -0.271. The molecule has 100 valence electrons. The molecule has 0 spiro atoms. The van der Waals surface area contributed by atoms with Crippen molar-refractivity contribution in [2.45, 2.75) is 38.5 Å². The molecule has 0 aliphatic carbocycles. The van der Waals surface area contributed by atoms with Crippen molar-refractivity contribution in [3.05, 3.63) is 0 Å². The Morgan fingerprint density at radius 3 is 2.82 bits per heavy atom. The molecule has 5 heteroatoms. The molecule has 1 aliphatic heterocycles. The standard InChI is InChI=1S/C12H24N2O3/c1-5-16-12(15)10(13-3)8-14(4)11-6-7-17-9(11)2/h9-11,13H,5-8H2,1-4H3. The fourth-order valence-corrected chi connectivity index (χ4v) is 2.25. The van der Waals surface area contributed by atoms with Crippen molar-refractivity contribution in [2.24, 2.45) is 0 Å². The highest BCUT2D eigenvalue weighted by Crippen LogP contribution is 2.18. The zero-order valence-electron chi connectivity index (χ0n) is 11.2. The molecule has 1 N–H and O–H groups in total. The predicted molar refractivity (Wildman–Crippen MR) is 65.9 cm³/mol. The van der Waals surface area contributed by atoms with Crippen LogP contribution in [0.2, 0.25) is 0 Å². The molecule has 0 saturated carbocycles. The number of carbonyl (C=O) groups excluding carboxylic acids is 1. The first-order chi connectivity index (χ1) is 8.10. The van der Waals surface area contributed by atoms with Crippen LogP contribution in [0, 0.1) is 0 Å². The number of likely N-dealkylation sites (N-methyl/N-ethyl adjacent to an activating group) is 2. The van der Waals surface area contributed by atoms with E-state index in [9.17, 15) is 4.79 Å². The molecule has 5 nitrogen and oxygen atoms in total. The van der Waals surface area contributed by atoms with E-state index in [0.717, 1.165) is 13.0 Å². The molecule has 1 aliphatic rings. The summed E-state index contributed by atoms with van der Waals surface area (Å²) in [6, 6.07) is 0.119. The minimum Gasteiger partial charge on any atom is -0.465 e. The van der Waals surface area contributed by atoms with Crippen LogP contribution >= 0.6 is 0 Å².